The van der Waals surface area contributed by atoms with Crippen LogP contribution in [-0.4, -0.2) is 0 Å². The summed E-state index contributed by atoms with van der Waals surface area (Å²) in [7, 11) is 0. The Morgan fingerprint density at radius 2 is 1.14 bits per heavy atom. The van der Waals surface area contributed by atoms with Gasteiger partial charge in [-0.3, -0.25) is 0 Å². The zero-order valence-electron chi connectivity index (χ0n) is 11.3. The number of hydrogen-bond acceptors (Lipinski definition) is 0. The second kappa shape index (κ2) is 7.10. The Labute approximate surface area is 149 Å². The normalized spacial score (nSPS) is 14.9. The quantitative estimate of drug-likeness (QED) is 0.600. The molecule has 0 N–H and O–H groups in total. The van der Waals surface area contributed by atoms with Gasteiger partial charge in [-0.25, -0.2) is 0 Å². The molecule has 0 radical (unpaired) electrons. The van der Waals surface area contributed by atoms with E-state index in [0.29, 0.717) is 3.63 Å². The number of fused-ring (bicyclic) bond motifs is 3. The third-order valence-corrected chi connectivity index (χ3v) is 8.18. The predicted octanol–water partition coefficient (Wildman–Crippen LogP) is -1.24. The van der Waals surface area contributed by atoms with Crippen LogP contribution in [0.4, 0.5) is 0 Å². The molecule has 2 aliphatic rings. The minimum atomic E-state index is -0.542. The Morgan fingerprint density at radius 1 is 0.667 bits per heavy atom. The Hall–Kier alpha value is -0.617. The molecule has 0 nitrogen and oxygen atoms in total. The standard InChI is InChI=1S/C13H9.C5H5.2ClH.Zr/c1-3-7-12-10(5-1)9-11-6-2-4-8-13(11)12;1-2-4-5-3-1;;;/h1-9H;1-5H;2*1H;/q;;;;+2/p-2. The zero-order chi connectivity index (χ0) is 12.7. The van der Waals surface area contributed by atoms with Gasteiger partial charge in [0.25, 0.3) is 0 Å². The van der Waals surface area contributed by atoms with Crippen molar-refractivity contribution in [2.24, 2.45) is 0 Å². The molecule has 0 fully saturated rings. The van der Waals surface area contributed by atoms with Gasteiger partial charge in [0.15, 0.2) is 0 Å². The topological polar surface area (TPSA) is 0 Å². The molecule has 0 aliphatic heterocycles. The van der Waals surface area contributed by atoms with Crippen molar-refractivity contribution in [3.05, 3.63) is 84.0 Å². The van der Waals surface area contributed by atoms with E-state index in [-0.39, 0.29) is 24.8 Å². The molecule has 3 heteroatoms. The molecule has 0 amide bonds. The van der Waals surface area contributed by atoms with Gasteiger partial charge in [0.1, 0.15) is 0 Å². The van der Waals surface area contributed by atoms with Crippen LogP contribution in [0.2, 0.25) is 3.63 Å². The number of allylic oxidation sites excluding steroid dienone is 4. The van der Waals surface area contributed by atoms with E-state index in [4.69, 9.17) is 0 Å². The van der Waals surface area contributed by atoms with Crippen molar-refractivity contribution >= 4 is 0 Å². The number of benzene rings is 2. The van der Waals surface area contributed by atoms with Crippen molar-refractivity contribution in [1.29, 1.82) is 0 Å². The number of halogens is 2. The van der Waals surface area contributed by atoms with Crippen LogP contribution in [0.3, 0.4) is 0 Å². The van der Waals surface area contributed by atoms with Crippen LogP contribution in [0.15, 0.2) is 72.8 Å². The van der Waals surface area contributed by atoms with E-state index in [1.54, 1.807) is 11.1 Å². The van der Waals surface area contributed by atoms with Crippen LogP contribution in [0.5, 0.6) is 0 Å². The fourth-order valence-electron chi connectivity index (χ4n) is 3.07. The van der Waals surface area contributed by atoms with E-state index in [1.807, 2.05) is 0 Å². The third-order valence-electron chi connectivity index (χ3n) is 3.94. The van der Waals surface area contributed by atoms with Gasteiger partial charge >= 0.3 is 126 Å². The van der Waals surface area contributed by atoms with Gasteiger partial charge in [0.05, 0.1) is 0 Å². The van der Waals surface area contributed by atoms with E-state index < -0.39 is 23.2 Å². The van der Waals surface area contributed by atoms with E-state index >= 15 is 0 Å². The molecule has 2 aliphatic carbocycles. The number of hydrogen-bond donors (Lipinski definition) is 0. The number of rotatable bonds is 2. The molecule has 0 aromatic heterocycles. The second-order valence-electron chi connectivity index (χ2n) is 5.07. The molecule has 21 heavy (non-hydrogen) atoms. The molecule has 0 heterocycles. The predicted molar refractivity (Wildman–Crippen MR) is 75.8 cm³/mol. The van der Waals surface area contributed by atoms with E-state index in [0.717, 1.165) is 3.63 Å². The molecule has 2 aromatic carbocycles. The molecule has 0 saturated carbocycles. The zero-order valence-corrected chi connectivity index (χ0v) is 15.3. The average molecular weight is 392 g/mol. The fraction of sp³-hybridized carbons (Fsp3) is 0.111. The van der Waals surface area contributed by atoms with Crippen molar-refractivity contribution in [1.82, 2.24) is 0 Å². The average Bonchev–Trinajstić information content (AvgIpc) is 3.08. The Bertz CT molecular complexity index is 634. The Balaban J connectivity index is 0.000000807. The SMILES string of the molecule is C1=C[CH]([Zr+2][CH]2c3ccccc3-c3ccccc32)C=C1.[Cl-].[Cl-]. The first-order valence-electron chi connectivity index (χ1n) is 6.73. The van der Waals surface area contributed by atoms with Gasteiger partial charge in [0, 0.05) is 0 Å². The summed E-state index contributed by atoms with van der Waals surface area (Å²) in [5.74, 6) is 0. The van der Waals surface area contributed by atoms with Gasteiger partial charge in [-0.05, 0) is 0 Å². The monoisotopic (exact) mass is 390 g/mol. The van der Waals surface area contributed by atoms with Gasteiger partial charge in [0.2, 0.25) is 0 Å². The first kappa shape index (κ1) is 16.7. The van der Waals surface area contributed by atoms with Crippen molar-refractivity contribution in [3.63, 3.8) is 0 Å². The van der Waals surface area contributed by atoms with Gasteiger partial charge in [-0.15, -0.1) is 0 Å². The van der Waals surface area contributed by atoms with E-state index in [9.17, 15) is 0 Å². The van der Waals surface area contributed by atoms with Crippen molar-refractivity contribution < 1.29 is 48.0 Å². The summed E-state index contributed by atoms with van der Waals surface area (Å²) in [6.45, 7) is 0. The van der Waals surface area contributed by atoms with Crippen molar-refractivity contribution in [2.75, 3.05) is 0 Å². The minimum Gasteiger partial charge on any atom is -1.00 e. The first-order valence-corrected chi connectivity index (χ1v) is 9.56. The summed E-state index contributed by atoms with van der Waals surface area (Å²) in [4.78, 5) is 0. The molecular formula is C18H14Cl2Zr. The maximum absolute atomic E-state index is 2.38. The van der Waals surface area contributed by atoms with Crippen LogP contribution in [0.1, 0.15) is 14.8 Å². The Morgan fingerprint density at radius 3 is 1.67 bits per heavy atom. The minimum absolute atomic E-state index is 0. The van der Waals surface area contributed by atoms with Gasteiger partial charge < -0.3 is 24.8 Å². The first-order chi connectivity index (χ1) is 9.43. The van der Waals surface area contributed by atoms with Crippen molar-refractivity contribution in [3.8, 4) is 11.1 Å². The van der Waals surface area contributed by atoms with Crippen LogP contribution < -0.4 is 24.8 Å². The summed E-state index contributed by atoms with van der Waals surface area (Å²) in [5, 5.41) is 0. The van der Waals surface area contributed by atoms with Gasteiger partial charge in [-0.2, -0.15) is 0 Å². The van der Waals surface area contributed by atoms with Crippen molar-refractivity contribution in [2.45, 2.75) is 7.25 Å². The molecule has 0 unspecified atom stereocenters. The summed E-state index contributed by atoms with van der Waals surface area (Å²) in [5.41, 5.74) is 6.08. The molecule has 104 valence electrons. The summed E-state index contributed by atoms with van der Waals surface area (Å²) in [6, 6.07) is 18.0. The molecule has 0 atom stereocenters. The molecule has 2 aromatic rings. The van der Waals surface area contributed by atoms with Crippen LogP contribution >= 0.6 is 0 Å². The molecule has 0 saturated heterocycles. The smallest absolute Gasteiger partial charge is 1.00 e. The molecule has 4 rings (SSSR count). The van der Waals surface area contributed by atoms with Crippen LogP contribution in [0.25, 0.3) is 11.1 Å². The fourth-order valence-corrected chi connectivity index (χ4v) is 7.23. The van der Waals surface area contributed by atoms with Crippen LogP contribution in [0, 0.1) is 0 Å². The third kappa shape index (κ3) is 2.97. The maximum Gasteiger partial charge on any atom is -1.00 e. The summed E-state index contributed by atoms with van der Waals surface area (Å²) in [6.07, 6.45) is 9.18. The van der Waals surface area contributed by atoms with E-state index in [2.05, 4.69) is 72.8 Å². The molecular weight excluding hydrogens is 378 g/mol. The molecule has 0 spiro atoms. The largest absolute Gasteiger partial charge is 1.00 e. The van der Waals surface area contributed by atoms with Crippen LogP contribution in [-0.2, 0) is 23.2 Å². The van der Waals surface area contributed by atoms with E-state index in [1.165, 1.54) is 11.1 Å². The summed E-state index contributed by atoms with van der Waals surface area (Å²) < 4.78 is 1.47. The van der Waals surface area contributed by atoms with Gasteiger partial charge in [-0.1, -0.05) is 0 Å². The second-order valence-corrected chi connectivity index (χ2v) is 8.95. The summed E-state index contributed by atoms with van der Waals surface area (Å²) >= 11 is -0.542. The Kier molecular flexibility index (Phi) is 5.66. The maximum atomic E-state index is 2.38. The molecule has 0 bridgehead atoms.